The second-order valence-corrected chi connectivity index (χ2v) is 23.2. The van der Waals surface area contributed by atoms with Gasteiger partial charge in [-0.3, -0.25) is 0 Å². The summed E-state index contributed by atoms with van der Waals surface area (Å²) in [5.74, 6) is 1.04. The Bertz CT molecular complexity index is 5230. The van der Waals surface area contributed by atoms with E-state index in [0.29, 0.717) is 0 Å². The van der Waals surface area contributed by atoms with Gasteiger partial charge >= 0.3 is 0 Å². The number of aryl methyl sites for hydroxylation is 1. The van der Waals surface area contributed by atoms with Crippen LogP contribution in [0.1, 0.15) is 30.6 Å². The molecule has 0 spiro atoms. The molecule has 0 saturated carbocycles. The molecule has 4 aliphatic rings. The summed E-state index contributed by atoms with van der Waals surface area (Å²) in [6, 6.07) is 91.5. The molecule has 83 heavy (non-hydrogen) atoms. The number of hydrogen-bond acceptors (Lipinski definition) is 1. The first-order chi connectivity index (χ1) is 41.1. The molecule has 0 atom stereocenters. The zero-order chi connectivity index (χ0) is 54.3. The van der Waals surface area contributed by atoms with Crippen LogP contribution in [0, 0.1) is 0 Å². The highest BCUT2D eigenvalue weighted by molar-refractivity contribution is 6.21. The van der Waals surface area contributed by atoms with Crippen LogP contribution >= 0.6 is 0 Å². The first kappa shape index (κ1) is 46.4. The summed E-state index contributed by atoms with van der Waals surface area (Å²) >= 11 is 0. The van der Waals surface area contributed by atoms with Gasteiger partial charge in [-0.05, 0) is 229 Å². The fourth-order valence-electron chi connectivity index (χ4n) is 14.5. The highest BCUT2D eigenvalue weighted by atomic mass is 16.3. The van der Waals surface area contributed by atoms with E-state index in [4.69, 9.17) is 4.42 Å². The van der Waals surface area contributed by atoms with Crippen molar-refractivity contribution >= 4 is 59.6 Å². The maximum absolute atomic E-state index is 6.90. The molecule has 1 heterocycles. The van der Waals surface area contributed by atoms with Crippen molar-refractivity contribution in [3.63, 3.8) is 0 Å². The minimum atomic E-state index is 0.984. The molecule has 0 fully saturated rings. The van der Waals surface area contributed by atoms with E-state index in [1.165, 1.54) is 165 Å². The van der Waals surface area contributed by atoms with E-state index in [-0.39, 0.29) is 0 Å². The smallest absolute Gasteiger partial charge is 0.142 e. The highest BCUT2D eigenvalue weighted by Gasteiger charge is 2.28. The average molecular weight is 1050 g/mol. The zero-order valence-electron chi connectivity index (χ0n) is 45.6. The number of allylic oxidation sites excluding steroid dienone is 6. The predicted molar refractivity (Wildman–Crippen MR) is 350 cm³/mol. The molecule has 0 radical (unpaired) electrons. The molecular weight excluding hydrogens is 1000 g/mol. The molecule has 0 bridgehead atoms. The maximum atomic E-state index is 6.90. The summed E-state index contributed by atoms with van der Waals surface area (Å²) in [6.45, 7) is 0. The van der Waals surface area contributed by atoms with E-state index in [0.717, 1.165) is 48.2 Å². The van der Waals surface area contributed by atoms with Gasteiger partial charge in [0.15, 0.2) is 0 Å². The topological polar surface area (TPSA) is 13.1 Å². The molecule has 1 nitrogen and oxygen atoms in total. The van der Waals surface area contributed by atoms with Gasteiger partial charge in [0.25, 0.3) is 0 Å². The first-order valence-electron chi connectivity index (χ1n) is 29.4. The van der Waals surface area contributed by atoms with Gasteiger partial charge < -0.3 is 4.42 Å². The van der Waals surface area contributed by atoms with Gasteiger partial charge in [-0.1, -0.05) is 218 Å². The van der Waals surface area contributed by atoms with Crippen molar-refractivity contribution in [1.29, 1.82) is 0 Å². The predicted octanol–water partition coefficient (Wildman–Crippen LogP) is 22.9. The van der Waals surface area contributed by atoms with Gasteiger partial charge in [0, 0.05) is 22.1 Å². The van der Waals surface area contributed by atoms with E-state index < -0.39 is 0 Å². The molecule has 0 unspecified atom stereocenters. The van der Waals surface area contributed by atoms with Crippen LogP contribution in [0.25, 0.3) is 171 Å². The summed E-state index contributed by atoms with van der Waals surface area (Å²) in [5.41, 5.74) is 29.8. The van der Waals surface area contributed by atoms with Crippen molar-refractivity contribution in [2.75, 3.05) is 0 Å². The normalized spacial score (nSPS) is 13.7. The zero-order valence-corrected chi connectivity index (χ0v) is 45.6. The van der Waals surface area contributed by atoms with Crippen LogP contribution in [0.5, 0.6) is 0 Å². The molecule has 4 aliphatic carbocycles. The Morgan fingerprint density at radius 2 is 0.795 bits per heavy atom. The highest BCUT2D eigenvalue weighted by Crippen LogP contribution is 2.54. The second-order valence-electron chi connectivity index (χ2n) is 23.2. The number of fused-ring (bicyclic) bond motifs is 11. The number of para-hydroxylation sites is 1. The molecule has 14 aromatic rings. The summed E-state index contributed by atoms with van der Waals surface area (Å²) in [5, 5.41) is 11.5. The van der Waals surface area contributed by atoms with Gasteiger partial charge in [0.1, 0.15) is 11.3 Å². The Kier molecular flexibility index (Phi) is 10.1. The van der Waals surface area contributed by atoms with Crippen LogP contribution in [0.4, 0.5) is 0 Å². The quantitative estimate of drug-likeness (QED) is 0.155. The van der Waals surface area contributed by atoms with E-state index in [2.05, 4.69) is 267 Å². The lowest BCUT2D eigenvalue weighted by molar-refractivity contribution is 0.592. The van der Waals surface area contributed by atoms with Crippen LogP contribution in [0.2, 0.25) is 0 Å². The average Bonchev–Trinajstić information content (AvgIpc) is 4.18. The van der Waals surface area contributed by atoms with Crippen molar-refractivity contribution < 1.29 is 4.42 Å². The Hall–Kier alpha value is -10.3. The molecule has 1 aromatic heterocycles. The number of hydrogen-bond donors (Lipinski definition) is 0. The third-order valence-corrected chi connectivity index (χ3v) is 18.6. The summed E-state index contributed by atoms with van der Waals surface area (Å²) < 4.78 is 6.90. The Labute approximate surface area is 482 Å². The largest absolute Gasteiger partial charge is 0.455 e. The standard InChI is InChI=1S/C82H52O/c1-2-12-53(13-3-1)66-18-9-21-73-74-22-10-19-67(82(74)83-81(66)73)54-30-27-51(28-31-54)63-44-62-15-8-20-71-70-38-37-61(45-75(70)78(46-63)79(62)71)65-39-40-72-68-16-6-7-17-69(68)77-48-64(47-76(65)80(72)77)52-25-23-50(24-26-52)56-33-34-59-43-60(36-35-58(59)42-56)57-32-29-49-11-4-5-14-55(49)41-57/h2,4-8,10-20,22-48H,1,3,9,21H2. The summed E-state index contributed by atoms with van der Waals surface area (Å²) in [4.78, 5) is 0. The first-order valence-corrected chi connectivity index (χ1v) is 29.4. The lowest BCUT2D eigenvalue weighted by Gasteiger charge is -2.15. The van der Waals surface area contributed by atoms with Crippen molar-refractivity contribution in [3.8, 4) is 111 Å². The molecule has 18 rings (SSSR count). The van der Waals surface area contributed by atoms with E-state index >= 15 is 0 Å². The second kappa shape index (κ2) is 18.1. The number of rotatable bonds is 7. The van der Waals surface area contributed by atoms with Gasteiger partial charge in [-0.25, -0.2) is 0 Å². The Morgan fingerprint density at radius 1 is 0.277 bits per heavy atom. The Balaban J connectivity index is 0.688. The van der Waals surface area contributed by atoms with Crippen molar-refractivity contribution in [1.82, 2.24) is 0 Å². The monoisotopic (exact) mass is 1050 g/mol. The summed E-state index contributed by atoms with van der Waals surface area (Å²) in [6.07, 6.45) is 13.5. The molecule has 0 amide bonds. The Morgan fingerprint density at radius 3 is 1.55 bits per heavy atom. The fraction of sp³-hybridized carbons (Fsp3) is 0.0488. The lowest BCUT2D eigenvalue weighted by atomic mass is 9.88. The van der Waals surface area contributed by atoms with Crippen LogP contribution in [0.3, 0.4) is 0 Å². The van der Waals surface area contributed by atoms with Crippen molar-refractivity contribution in [2.24, 2.45) is 0 Å². The molecule has 1 heteroatoms. The number of benzene rings is 13. The third-order valence-electron chi connectivity index (χ3n) is 18.6. The molecule has 386 valence electrons. The SMILES string of the molecule is C1=CC(C2=CCCc3c2oc2c(-c4ccc(-c5cc6c7c(cccc7c5)-c5ccc(-c7ccc8c9c(cc(-c%10ccc(-c%11ccc%12cc(-c%13ccc%14ccccc%14c%13)ccc%12c%11)cc%10)cc79)-c7ccccc7-8)cc5-6)cc4)cccc32)=CCC1. The van der Waals surface area contributed by atoms with Gasteiger partial charge in [-0.2, -0.15) is 0 Å². The minimum Gasteiger partial charge on any atom is -0.455 e. The van der Waals surface area contributed by atoms with Crippen molar-refractivity contribution in [2.45, 2.75) is 25.7 Å². The van der Waals surface area contributed by atoms with Crippen LogP contribution < -0.4 is 0 Å². The van der Waals surface area contributed by atoms with Crippen LogP contribution in [-0.4, -0.2) is 0 Å². The minimum absolute atomic E-state index is 0.984. The van der Waals surface area contributed by atoms with Crippen LogP contribution in [0.15, 0.2) is 277 Å². The molecule has 0 aliphatic heterocycles. The maximum Gasteiger partial charge on any atom is 0.142 e. The molecular formula is C82H52O. The van der Waals surface area contributed by atoms with Crippen LogP contribution in [-0.2, 0) is 6.42 Å². The fourth-order valence-corrected chi connectivity index (χ4v) is 14.5. The van der Waals surface area contributed by atoms with Gasteiger partial charge in [0.2, 0.25) is 0 Å². The third kappa shape index (κ3) is 7.27. The van der Waals surface area contributed by atoms with E-state index in [1.54, 1.807) is 0 Å². The van der Waals surface area contributed by atoms with Gasteiger partial charge in [0.05, 0.1) is 0 Å². The van der Waals surface area contributed by atoms with Crippen molar-refractivity contribution in [3.05, 3.63) is 284 Å². The lowest BCUT2D eigenvalue weighted by Crippen LogP contribution is -1.99. The summed E-state index contributed by atoms with van der Waals surface area (Å²) in [7, 11) is 0. The molecule has 0 N–H and O–H groups in total. The van der Waals surface area contributed by atoms with E-state index in [9.17, 15) is 0 Å². The van der Waals surface area contributed by atoms with E-state index in [1.807, 2.05) is 0 Å². The van der Waals surface area contributed by atoms with Gasteiger partial charge in [-0.15, -0.1) is 0 Å². The number of furan rings is 1. The molecule has 0 saturated heterocycles. The molecule has 13 aromatic carbocycles.